The maximum absolute atomic E-state index is 13.4. The lowest BCUT2D eigenvalue weighted by molar-refractivity contribution is -0.142. The van der Waals surface area contributed by atoms with E-state index >= 15 is 0 Å². The van der Waals surface area contributed by atoms with E-state index in [-0.39, 0.29) is 29.0 Å². The highest BCUT2D eigenvalue weighted by molar-refractivity contribution is 6.06. The van der Waals surface area contributed by atoms with Gasteiger partial charge in [-0.05, 0) is 28.5 Å². The zero-order valence-electron chi connectivity index (χ0n) is 20.3. The van der Waals surface area contributed by atoms with Crippen LogP contribution < -0.4 is 4.74 Å². The quantitative estimate of drug-likeness (QED) is 0.587. The first-order valence-electron chi connectivity index (χ1n) is 11.4. The zero-order valence-corrected chi connectivity index (χ0v) is 20.3. The molecule has 1 heterocycles. The average Bonchev–Trinajstić information content (AvgIpc) is 2.68. The van der Waals surface area contributed by atoms with E-state index in [4.69, 9.17) is 14.2 Å². The number of hydrogen-bond donors (Lipinski definition) is 0. The molecule has 33 heavy (non-hydrogen) atoms. The molecular weight excluding hydrogens is 420 g/mol. The van der Waals surface area contributed by atoms with Crippen LogP contribution in [0.5, 0.6) is 5.75 Å². The molecule has 6 nitrogen and oxygen atoms in total. The van der Waals surface area contributed by atoms with E-state index in [0.29, 0.717) is 59.7 Å². The van der Waals surface area contributed by atoms with Crippen LogP contribution in [0, 0.1) is 10.8 Å². The Labute approximate surface area is 195 Å². The number of esters is 1. The van der Waals surface area contributed by atoms with Crippen LogP contribution in [-0.4, -0.2) is 24.6 Å². The maximum atomic E-state index is 13.4. The van der Waals surface area contributed by atoms with Gasteiger partial charge in [0.1, 0.15) is 23.9 Å². The Bertz CT molecular complexity index is 1050. The van der Waals surface area contributed by atoms with Gasteiger partial charge in [0, 0.05) is 55.2 Å². The number of methoxy groups -OCH3 is 1. The molecule has 0 saturated heterocycles. The van der Waals surface area contributed by atoms with Crippen molar-refractivity contribution in [3.05, 3.63) is 52.0 Å². The summed E-state index contributed by atoms with van der Waals surface area (Å²) in [4.78, 5) is 38.2. The minimum Gasteiger partial charge on any atom is -0.496 e. The highest BCUT2D eigenvalue weighted by Gasteiger charge is 2.47. The van der Waals surface area contributed by atoms with E-state index in [0.717, 1.165) is 5.56 Å². The number of allylic oxidation sites excluding steroid dienone is 4. The normalized spacial score (nSPS) is 21.9. The van der Waals surface area contributed by atoms with Crippen LogP contribution in [0.15, 0.2) is 40.9 Å². The second-order valence-corrected chi connectivity index (χ2v) is 10.9. The third-order valence-electron chi connectivity index (χ3n) is 6.65. The van der Waals surface area contributed by atoms with Crippen LogP contribution in [-0.2, 0) is 30.5 Å². The molecule has 0 spiro atoms. The number of Topliss-reactive ketones (excluding diaryl/α,β-unsaturated/α-hetero) is 2. The second-order valence-electron chi connectivity index (χ2n) is 10.9. The number of ketones is 2. The monoisotopic (exact) mass is 452 g/mol. The van der Waals surface area contributed by atoms with Crippen molar-refractivity contribution in [2.75, 3.05) is 7.11 Å². The largest absolute Gasteiger partial charge is 0.496 e. The molecule has 0 radical (unpaired) electrons. The lowest BCUT2D eigenvalue weighted by Gasteiger charge is -2.42. The fourth-order valence-corrected chi connectivity index (χ4v) is 5.28. The van der Waals surface area contributed by atoms with Gasteiger partial charge in [-0.3, -0.25) is 14.4 Å². The van der Waals surface area contributed by atoms with E-state index in [1.165, 1.54) is 6.92 Å². The third-order valence-corrected chi connectivity index (χ3v) is 6.65. The molecule has 0 atom stereocenters. The minimum atomic E-state index is -0.488. The number of hydrogen-bond acceptors (Lipinski definition) is 6. The molecule has 4 rings (SSSR count). The molecule has 0 bridgehead atoms. The molecule has 1 aliphatic heterocycles. The minimum absolute atomic E-state index is 0.0211. The summed E-state index contributed by atoms with van der Waals surface area (Å²) in [7, 11) is 1.56. The van der Waals surface area contributed by atoms with Gasteiger partial charge in [0.15, 0.2) is 11.6 Å². The summed E-state index contributed by atoms with van der Waals surface area (Å²) in [6.45, 7) is 9.67. The van der Waals surface area contributed by atoms with Crippen molar-refractivity contribution in [1.82, 2.24) is 0 Å². The van der Waals surface area contributed by atoms with E-state index < -0.39 is 11.9 Å². The SMILES string of the molecule is COc1ccc(C2C3=C(CC(C)(C)CC3=O)OC3=C2C(=O)CC(C)(C)C3)cc1COC(C)=O. The van der Waals surface area contributed by atoms with Crippen LogP contribution in [0.2, 0.25) is 0 Å². The van der Waals surface area contributed by atoms with Gasteiger partial charge in [0.05, 0.1) is 7.11 Å². The summed E-state index contributed by atoms with van der Waals surface area (Å²) in [5.41, 5.74) is 2.27. The molecule has 6 heteroatoms. The van der Waals surface area contributed by atoms with E-state index in [2.05, 4.69) is 27.7 Å². The molecule has 1 aromatic carbocycles. The Morgan fingerprint density at radius 2 is 1.52 bits per heavy atom. The highest BCUT2D eigenvalue weighted by Crippen LogP contribution is 2.53. The van der Waals surface area contributed by atoms with Crippen molar-refractivity contribution in [2.24, 2.45) is 10.8 Å². The van der Waals surface area contributed by atoms with Gasteiger partial charge in [0.2, 0.25) is 0 Å². The maximum Gasteiger partial charge on any atom is 0.302 e. The van der Waals surface area contributed by atoms with Gasteiger partial charge in [-0.1, -0.05) is 33.8 Å². The van der Waals surface area contributed by atoms with Gasteiger partial charge >= 0.3 is 5.97 Å². The summed E-state index contributed by atoms with van der Waals surface area (Å²) in [6, 6.07) is 5.58. The Balaban J connectivity index is 1.88. The first kappa shape index (κ1) is 23.3. The summed E-state index contributed by atoms with van der Waals surface area (Å²) < 4.78 is 17.0. The van der Waals surface area contributed by atoms with E-state index in [1.54, 1.807) is 13.2 Å². The fraction of sp³-hybridized carbons (Fsp3) is 0.519. The zero-order chi connectivity index (χ0) is 24.1. The van der Waals surface area contributed by atoms with Crippen molar-refractivity contribution in [3.8, 4) is 5.75 Å². The lowest BCUT2D eigenvalue weighted by Crippen LogP contribution is -2.37. The Hall–Kier alpha value is -2.89. The van der Waals surface area contributed by atoms with Crippen molar-refractivity contribution in [3.63, 3.8) is 0 Å². The molecule has 0 N–H and O–H groups in total. The number of carbonyl (C=O) groups excluding carboxylic acids is 3. The van der Waals surface area contributed by atoms with Crippen molar-refractivity contribution >= 4 is 17.5 Å². The summed E-state index contributed by atoms with van der Waals surface area (Å²) in [5.74, 6) is 1.12. The first-order chi connectivity index (χ1) is 15.4. The average molecular weight is 453 g/mol. The topological polar surface area (TPSA) is 78.9 Å². The Morgan fingerprint density at radius 3 is 2.00 bits per heavy atom. The molecule has 0 saturated carbocycles. The summed E-state index contributed by atoms with van der Waals surface area (Å²) in [6.07, 6.45) is 2.10. The fourth-order valence-electron chi connectivity index (χ4n) is 5.28. The number of ether oxygens (including phenoxy) is 3. The van der Waals surface area contributed by atoms with Crippen LogP contribution in [0.3, 0.4) is 0 Å². The van der Waals surface area contributed by atoms with Gasteiger partial charge in [0.25, 0.3) is 0 Å². The van der Waals surface area contributed by atoms with E-state index in [9.17, 15) is 14.4 Å². The number of carbonyl (C=O) groups is 3. The van der Waals surface area contributed by atoms with Gasteiger partial charge in [-0.25, -0.2) is 0 Å². The Kier molecular flexibility index (Phi) is 5.75. The predicted octanol–water partition coefficient (Wildman–Crippen LogP) is 5.16. The van der Waals surface area contributed by atoms with Crippen LogP contribution in [0.25, 0.3) is 0 Å². The van der Waals surface area contributed by atoms with Crippen LogP contribution in [0.1, 0.15) is 77.3 Å². The van der Waals surface area contributed by atoms with Crippen molar-refractivity contribution < 1.29 is 28.6 Å². The molecular formula is C27H32O6. The lowest BCUT2D eigenvalue weighted by atomic mass is 9.65. The number of rotatable bonds is 4. The molecule has 0 amide bonds. The molecule has 1 aromatic rings. The summed E-state index contributed by atoms with van der Waals surface area (Å²) in [5, 5.41) is 0. The molecule has 3 aliphatic rings. The molecule has 2 aliphatic carbocycles. The molecule has 0 aromatic heterocycles. The second kappa shape index (κ2) is 8.15. The van der Waals surface area contributed by atoms with Crippen molar-refractivity contribution in [2.45, 2.75) is 72.8 Å². The van der Waals surface area contributed by atoms with Gasteiger partial charge < -0.3 is 14.2 Å². The standard InChI is InChI=1S/C27H32O6/c1-15(28)32-14-17-9-16(7-8-20(17)31-6)23-24-18(29)10-26(2,3)12-21(24)33-22-13-27(4,5)11-19(30)25(22)23/h7-9,23H,10-14H2,1-6H3. The molecule has 0 fully saturated rings. The highest BCUT2D eigenvalue weighted by atomic mass is 16.5. The predicted molar refractivity (Wildman–Crippen MR) is 122 cm³/mol. The third kappa shape index (κ3) is 4.48. The van der Waals surface area contributed by atoms with Crippen LogP contribution >= 0.6 is 0 Å². The summed E-state index contributed by atoms with van der Waals surface area (Å²) >= 11 is 0. The molecule has 176 valence electrons. The first-order valence-corrected chi connectivity index (χ1v) is 11.4. The smallest absolute Gasteiger partial charge is 0.302 e. The van der Waals surface area contributed by atoms with Crippen LogP contribution in [0.4, 0.5) is 0 Å². The van der Waals surface area contributed by atoms with Gasteiger partial charge in [-0.15, -0.1) is 0 Å². The number of benzene rings is 1. The Morgan fingerprint density at radius 1 is 0.970 bits per heavy atom. The van der Waals surface area contributed by atoms with Gasteiger partial charge in [-0.2, -0.15) is 0 Å². The van der Waals surface area contributed by atoms with E-state index in [1.807, 2.05) is 12.1 Å². The molecule has 0 unspecified atom stereocenters. The van der Waals surface area contributed by atoms with Crippen molar-refractivity contribution in [1.29, 1.82) is 0 Å².